The number of carbonyl (C=O) groups is 3. The molecule has 8 nitrogen and oxygen atoms in total. The number of hydrogen-bond donors (Lipinski definition) is 1. The number of carbonyl (C=O) groups excluding carboxylic acids is 3. The smallest absolute Gasteiger partial charge is 0.337 e. The molecule has 0 unspecified atom stereocenters. The summed E-state index contributed by atoms with van der Waals surface area (Å²) in [6.07, 6.45) is 2.81. The summed E-state index contributed by atoms with van der Waals surface area (Å²) >= 11 is 6.21. The number of amides is 1. The van der Waals surface area contributed by atoms with Crippen molar-refractivity contribution in [3.05, 3.63) is 58.1 Å². The summed E-state index contributed by atoms with van der Waals surface area (Å²) < 4.78 is 20.1. The van der Waals surface area contributed by atoms with Gasteiger partial charge in [-0.2, -0.15) is 0 Å². The molecule has 0 spiro atoms. The van der Waals surface area contributed by atoms with E-state index in [1.807, 2.05) is 6.92 Å². The Morgan fingerprint density at radius 1 is 0.968 bits per heavy atom. The summed E-state index contributed by atoms with van der Waals surface area (Å²) in [6.45, 7) is 2.24. The molecule has 0 saturated carbocycles. The maximum atomic E-state index is 12.4. The van der Waals surface area contributed by atoms with Gasteiger partial charge in [-0.1, -0.05) is 11.6 Å². The molecular weight excluding hydrogens is 426 g/mol. The normalized spacial score (nSPS) is 10.5. The van der Waals surface area contributed by atoms with Crippen LogP contribution in [0.1, 0.15) is 33.2 Å². The molecule has 31 heavy (non-hydrogen) atoms. The number of ether oxygens (including phenoxy) is 4. The maximum Gasteiger partial charge on any atom is 0.337 e. The lowest BCUT2D eigenvalue weighted by Crippen LogP contribution is -2.12. The standard InChI is InChI=1S/C22H22ClNO7/c1-5-31-18-9-13(8-17(23)20(18)28-2)6-7-19(25)24-16-11-14(21(26)29-3)10-15(12-16)22(27)30-4/h6-12H,5H2,1-4H3,(H,24,25)/b7-6+. The van der Waals surface area contributed by atoms with Gasteiger partial charge in [-0.25, -0.2) is 9.59 Å². The number of nitrogens with one attached hydrogen (secondary N) is 1. The molecule has 1 N–H and O–H groups in total. The van der Waals surface area contributed by atoms with Gasteiger partial charge in [-0.15, -0.1) is 0 Å². The van der Waals surface area contributed by atoms with Crippen LogP contribution in [0.2, 0.25) is 5.02 Å². The summed E-state index contributed by atoms with van der Waals surface area (Å²) in [4.78, 5) is 36.1. The Morgan fingerprint density at radius 3 is 2.10 bits per heavy atom. The van der Waals surface area contributed by atoms with Gasteiger partial charge in [0.2, 0.25) is 5.91 Å². The average molecular weight is 448 g/mol. The van der Waals surface area contributed by atoms with Crippen molar-refractivity contribution < 1.29 is 33.3 Å². The predicted octanol–water partition coefficient (Wildman–Crippen LogP) is 3.97. The van der Waals surface area contributed by atoms with E-state index in [4.69, 9.17) is 21.1 Å². The molecule has 0 aliphatic rings. The third-order valence-electron chi connectivity index (χ3n) is 4.01. The van der Waals surface area contributed by atoms with Crippen LogP contribution in [0.15, 0.2) is 36.4 Å². The van der Waals surface area contributed by atoms with Gasteiger partial charge in [-0.3, -0.25) is 4.79 Å². The Balaban J connectivity index is 2.26. The topological polar surface area (TPSA) is 100 Å². The number of benzene rings is 2. The molecule has 2 aromatic carbocycles. The van der Waals surface area contributed by atoms with Crippen LogP contribution in [0.4, 0.5) is 5.69 Å². The number of halogens is 1. The molecule has 0 heterocycles. The highest BCUT2D eigenvalue weighted by Crippen LogP contribution is 2.36. The van der Waals surface area contributed by atoms with Crippen molar-refractivity contribution in [2.75, 3.05) is 33.3 Å². The van der Waals surface area contributed by atoms with E-state index in [1.165, 1.54) is 51.7 Å². The second-order valence-corrected chi connectivity index (χ2v) is 6.48. The molecule has 2 aromatic rings. The quantitative estimate of drug-likeness (QED) is 0.482. The first-order chi connectivity index (χ1) is 14.8. The summed E-state index contributed by atoms with van der Waals surface area (Å²) in [6, 6.07) is 7.41. The fourth-order valence-corrected chi connectivity index (χ4v) is 2.97. The fraction of sp³-hybridized carbons (Fsp3) is 0.227. The molecular formula is C22H22ClNO7. The van der Waals surface area contributed by atoms with E-state index < -0.39 is 17.8 Å². The fourth-order valence-electron chi connectivity index (χ4n) is 2.67. The molecule has 0 bridgehead atoms. The molecule has 0 fully saturated rings. The number of rotatable bonds is 8. The van der Waals surface area contributed by atoms with Gasteiger partial charge in [0.15, 0.2) is 11.5 Å². The number of esters is 2. The van der Waals surface area contributed by atoms with Gasteiger partial charge >= 0.3 is 11.9 Å². The highest BCUT2D eigenvalue weighted by Gasteiger charge is 2.15. The molecule has 164 valence electrons. The van der Waals surface area contributed by atoms with E-state index in [-0.39, 0.29) is 16.8 Å². The van der Waals surface area contributed by atoms with Crippen LogP contribution in [-0.4, -0.2) is 45.8 Å². The first-order valence-electron chi connectivity index (χ1n) is 9.14. The first-order valence-corrected chi connectivity index (χ1v) is 9.51. The van der Waals surface area contributed by atoms with E-state index >= 15 is 0 Å². The van der Waals surface area contributed by atoms with E-state index in [1.54, 1.807) is 12.1 Å². The molecule has 0 radical (unpaired) electrons. The van der Waals surface area contributed by atoms with Crippen molar-refractivity contribution in [1.29, 1.82) is 0 Å². The van der Waals surface area contributed by atoms with Crippen molar-refractivity contribution >= 4 is 41.2 Å². The monoisotopic (exact) mass is 447 g/mol. The van der Waals surface area contributed by atoms with Crippen LogP contribution in [0.25, 0.3) is 6.08 Å². The predicted molar refractivity (Wildman–Crippen MR) is 116 cm³/mol. The lowest BCUT2D eigenvalue weighted by Gasteiger charge is -2.11. The lowest BCUT2D eigenvalue weighted by atomic mass is 10.1. The Bertz CT molecular complexity index is 983. The average Bonchev–Trinajstić information content (AvgIpc) is 2.76. The molecule has 0 aliphatic carbocycles. The first kappa shape index (κ1) is 23.8. The zero-order valence-corrected chi connectivity index (χ0v) is 18.2. The zero-order valence-electron chi connectivity index (χ0n) is 17.5. The summed E-state index contributed by atoms with van der Waals surface area (Å²) in [5.74, 6) is -0.963. The molecule has 0 aliphatic heterocycles. The van der Waals surface area contributed by atoms with Crippen molar-refractivity contribution in [3.63, 3.8) is 0 Å². The number of anilines is 1. The van der Waals surface area contributed by atoms with Crippen LogP contribution >= 0.6 is 11.6 Å². The number of hydrogen-bond acceptors (Lipinski definition) is 7. The second-order valence-electron chi connectivity index (χ2n) is 6.07. The largest absolute Gasteiger partial charge is 0.491 e. The lowest BCUT2D eigenvalue weighted by molar-refractivity contribution is -0.111. The van der Waals surface area contributed by atoms with Gasteiger partial charge in [0.1, 0.15) is 0 Å². The van der Waals surface area contributed by atoms with Gasteiger partial charge in [0.05, 0.1) is 44.1 Å². The van der Waals surface area contributed by atoms with Gasteiger partial charge in [-0.05, 0) is 48.9 Å². The summed E-state index contributed by atoms with van der Waals surface area (Å²) in [7, 11) is 3.91. The van der Waals surface area contributed by atoms with Crippen LogP contribution in [0.3, 0.4) is 0 Å². The van der Waals surface area contributed by atoms with Crippen LogP contribution < -0.4 is 14.8 Å². The van der Waals surface area contributed by atoms with Crippen LogP contribution in [0, 0.1) is 0 Å². The van der Waals surface area contributed by atoms with Gasteiger partial charge in [0.25, 0.3) is 0 Å². The third kappa shape index (κ3) is 6.23. The Labute approximate surface area is 184 Å². The highest BCUT2D eigenvalue weighted by atomic mass is 35.5. The van der Waals surface area contributed by atoms with Crippen molar-refractivity contribution in [3.8, 4) is 11.5 Å². The van der Waals surface area contributed by atoms with Crippen LogP contribution in [0.5, 0.6) is 11.5 Å². The molecule has 0 aromatic heterocycles. The molecule has 0 saturated heterocycles. The third-order valence-corrected chi connectivity index (χ3v) is 4.29. The van der Waals surface area contributed by atoms with Crippen molar-refractivity contribution in [1.82, 2.24) is 0 Å². The van der Waals surface area contributed by atoms with E-state index in [2.05, 4.69) is 14.8 Å². The molecule has 9 heteroatoms. The number of methoxy groups -OCH3 is 3. The Hall–Kier alpha value is -3.52. The highest BCUT2D eigenvalue weighted by molar-refractivity contribution is 6.32. The Morgan fingerprint density at radius 2 is 1.58 bits per heavy atom. The summed E-state index contributed by atoms with van der Waals surface area (Å²) in [5, 5.41) is 2.93. The minimum Gasteiger partial charge on any atom is -0.491 e. The van der Waals surface area contributed by atoms with E-state index in [0.29, 0.717) is 28.7 Å². The molecule has 1 amide bonds. The minimum absolute atomic E-state index is 0.0907. The molecule has 0 atom stereocenters. The van der Waals surface area contributed by atoms with E-state index in [9.17, 15) is 14.4 Å². The second kappa shape index (κ2) is 11.0. The van der Waals surface area contributed by atoms with Crippen LogP contribution in [-0.2, 0) is 14.3 Å². The maximum absolute atomic E-state index is 12.4. The zero-order chi connectivity index (χ0) is 23.0. The summed E-state index contributed by atoms with van der Waals surface area (Å²) in [5.41, 5.74) is 1.02. The van der Waals surface area contributed by atoms with Gasteiger partial charge < -0.3 is 24.3 Å². The SMILES string of the molecule is CCOc1cc(/C=C/C(=O)Nc2cc(C(=O)OC)cc(C(=O)OC)c2)cc(Cl)c1OC. The Kier molecular flexibility index (Phi) is 8.45. The van der Waals surface area contributed by atoms with Gasteiger partial charge in [0, 0.05) is 11.8 Å². The minimum atomic E-state index is -0.659. The molecule has 2 rings (SSSR count). The van der Waals surface area contributed by atoms with E-state index in [0.717, 1.165) is 0 Å². The van der Waals surface area contributed by atoms with Crippen molar-refractivity contribution in [2.45, 2.75) is 6.92 Å². The van der Waals surface area contributed by atoms with Crippen molar-refractivity contribution in [2.24, 2.45) is 0 Å².